The molecular weight excluding hydrogens is 282 g/mol. The molecule has 1 aliphatic heterocycles. The van der Waals surface area contributed by atoms with Gasteiger partial charge in [-0.05, 0) is 32.9 Å². The van der Waals surface area contributed by atoms with Gasteiger partial charge in [-0.1, -0.05) is 20.8 Å². The summed E-state index contributed by atoms with van der Waals surface area (Å²) in [6, 6.07) is 0. The molecule has 0 radical (unpaired) electrons. The Morgan fingerprint density at radius 3 is 2.50 bits per heavy atom. The Labute approximate surface area is 131 Å². The Bertz CT molecular complexity index is 551. The lowest BCUT2D eigenvalue weighted by Crippen LogP contribution is -2.41. The summed E-state index contributed by atoms with van der Waals surface area (Å²) in [7, 11) is 0. The van der Waals surface area contributed by atoms with Gasteiger partial charge in [0.1, 0.15) is 5.76 Å². The lowest BCUT2D eigenvalue weighted by molar-refractivity contribution is -0.133. The largest absolute Gasteiger partial charge is 0.444 e. The molecular formula is C16H25N3O3. The normalized spacial score (nSPS) is 16.5. The molecule has 0 aromatic carbocycles. The quantitative estimate of drug-likeness (QED) is 0.883. The minimum atomic E-state index is -0.330. The average molecular weight is 307 g/mol. The molecule has 1 aliphatic rings. The Morgan fingerprint density at radius 1 is 1.32 bits per heavy atom. The van der Waals surface area contributed by atoms with E-state index in [0.717, 1.165) is 25.9 Å². The maximum Gasteiger partial charge on any atom is 0.234 e. The van der Waals surface area contributed by atoms with Crippen LogP contribution in [0.25, 0.3) is 0 Å². The number of nitrogens with zero attached hydrogens (tertiary/aromatic N) is 1. The minimum Gasteiger partial charge on any atom is -0.444 e. The van der Waals surface area contributed by atoms with E-state index in [2.05, 4.69) is 15.6 Å². The molecule has 0 aliphatic carbocycles. The summed E-state index contributed by atoms with van der Waals surface area (Å²) in [5, 5.41) is 5.68. The molecule has 2 amide bonds. The van der Waals surface area contributed by atoms with Crippen molar-refractivity contribution in [3.05, 3.63) is 17.3 Å². The molecule has 122 valence electrons. The fourth-order valence-electron chi connectivity index (χ4n) is 2.43. The summed E-state index contributed by atoms with van der Waals surface area (Å²) in [4.78, 5) is 28.4. The molecule has 2 N–H and O–H groups in total. The van der Waals surface area contributed by atoms with Crippen LogP contribution in [0.15, 0.2) is 4.42 Å². The van der Waals surface area contributed by atoms with Gasteiger partial charge in [-0.15, -0.1) is 0 Å². The number of piperidine rings is 1. The molecule has 0 atom stereocenters. The van der Waals surface area contributed by atoms with Gasteiger partial charge in [0.2, 0.25) is 11.8 Å². The number of carbonyl (C=O) groups excluding carboxylic acids is 2. The van der Waals surface area contributed by atoms with Crippen molar-refractivity contribution in [1.82, 2.24) is 15.6 Å². The Hall–Kier alpha value is -1.69. The van der Waals surface area contributed by atoms with Crippen LogP contribution in [0.3, 0.4) is 0 Å². The smallest absolute Gasteiger partial charge is 0.234 e. The van der Waals surface area contributed by atoms with E-state index in [1.807, 2.05) is 27.7 Å². The van der Waals surface area contributed by atoms with E-state index in [-0.39, 0.29) is 29.6 Å². The molecule has 1 aromatic rings. The first-order valence-corrected chi connectivity index (χ1v) is 7.78. The lowest BCUT2D eigenvalue weighted by atomic mass is 9.97. The summed E-state index contributed by atoms with van der Waals surface area (Å²) in [5.41, 5.74) is 0.499. The van der Waals surface area contributed by atoms with Crippen molar-refractivity contribution >= 4 is 11.8 Å². The van der Waals surface area contributed by atoms with Gasteiger partial charge in [0, 0.05) is 11.3 Å². The third-order valence-electron chi connectivity index (χ3n) is 3.83. The fourth-order valence-corrected chi connectivity index (χ4v) is 2.43. The van der Waals surface area contributed by atoms with Crippen molar-refractivity contribution in [2.75, 3.05) is 13.1 Å². The Balaban J connectivity index is 1.94. The predicted molar refractivity (Wildman–Crippen MR) is 82.4 cm³/mol. The molecule has 6 nitrogen and oxygen atoms in total. The van der Waals surface area contributed by atoms with Gasteiger partial charge in [-0.2, -0.15) is 0 Å². The third kappa shape index (κ3) is 4.16. The first kappa shape index (κ1) is 16.7. The van der Waals surface area contributed by atoms with E-state index in [1.165, 1.54) is 0 Å². The topological polar surface area (TPSA) is 84.2 Å². The van der Waals surface area contributed by atoms with Gasteiger partial charge in [-0.3, -0.25) is 14.9 Å². The van der Waals surface area contributed by atoms with Crippen LogP contribution in [0.2, 0.25) is 0 Å². The van der Waals surface area contributed by atoms with Crippen LogP contribution >= 0.6 is 0 Å². The van der Waals surface area contributed by atoms with Crippen LogP contribution in [0, 0.1) is 12.8 Å². The van der Waals surface area contributed by atoms with Crippen molar-refractivity contribution < 1.29 is 14.0 Å². The first-order valence-electron chi connectivity index (χ1n) is 7.78. The summed E-state index contributed by atoms with van der Waals surface area (Å²) in [5.74, 6) is 0.548. The molecule has 0 spiro atoms. The summed E-state index contributed by atoms with van der Waals surface area (Å²) in [6.07, 6.45) is 1.59. The molecule has 22 heavy (non-hydrogen) atoms. The van der Waals surface area contributed by atoms with Gasteiger partial charge in [0.15, 0.2) is 5.89 Å². The van der Waals surface area contributed by atoms with Crippen molar-refractivity contribution in [2.45, 2.75) is 52.4 Å². The third-order valence-corrected chi connectivity index (χ3v) is 3.83. The second-order valence-electron chi connectivity index (χ2n) is 6.89. The van der Waals surface area contributed by atoms with E-state index < -0.39 is 0 Å². The van der Waals surface area contributed by atoms with Crippen LogP contribution < -0.4 is 10.6 Å². The monoisotopic (exact) mass is 307 g/mol. The maximum atomic E-state index is 12.0. The number of nitrogens with one attached hydrogen (secondary N) is 2. The zero-order chi connectivity index (χ0) is 16.3. The van der Waals surface area contributed by atoms with Gasteiger partial charge < -0.3 is 9.73 Å². The first-order chi connectivity index (χ1) is 10.3. The summed E-state index contributed by atoms with van der Waals surface area (Å²) >= 11 is 0. The van der Waals surface area contributed by atoms with Gasteiger partial charge in [0.05, 0.1) is 12.1 Å². The molecule has 2 rings (SSSR count). The molecule has 0 bridgehead atoms. The highest BCUT2D eigenvalue weighted by Gasteiger charge is 2.25. The lowest BCUT2D eigenvalue weighted by Gasteiger charge is -2.21. The van der Waals surface area contributed by atoms with Crippen LogP contribution in [0.5, 0.6) is 0 Å². The van der Waals surface area contributed by atoms with Gasteiger partial charge in [0.25, 0.3) is 0 Å². The Morgan fingerprint density at radius 2 is 1.95 bits per heavy atom. The van der Waals surface area contributed by atoms with Crippen LogP contribution in [-0.2, 0) is 21.4 Å². The summed E-state index contributed by atoms with van der Waals surface area (Å²) < 4.78 is 5.68. The summed E-state index contributed by atoms with van der Waals surface area (Å²) in [6.45, 7) is 9.47. The SMILES string of the molecule is Cc1nc(C(C)(C)C)oc1CC(=O)NC(=O)C1CCNCC1. The second-order valence-corrected chi connectivity index (χ2v) is 6.89. The number of carbonyl (C=O) groups is 2. The molecule has 1 aromatic heterocycles. The number of aromatic nitrogens is 1. The highest BCUT2D eigenvalue weighted by Crippen LogP contribution is 2.24. The molecule has 0 unspecified atom stereocenters. The van der Waals surface area contributed by atoms with Crippen molar-refractivity contribution in [2.24, 2.45) is 5.92 Å². The highest BCUT2D eigenvalue weighted by molar-refractivity contribution is 5.97. The van der Waals surface area contributed by atoms with E-state index in [1.54, 1.807) is 0 Å². The number of aryl methyl sites for hydroxylation is 1. The molecule has 6 heteroatoms. The molecule has 0 saturated carbocycles. The van der Waals surface area contributed by atoms with E-state index in [9.17, 15) is 9.59 Å². The number of hydrogen-bond donors (Lipinski definition) is 2. The zero-order valence-electron chi connectivity index (χ0n) is 13.8. The van der Waals surface area contributed by atoms with Gasteiger partial charge in [-0.25, -0.2) is 4.98 Å². The van der Waals surface area contributed by atoms with Crippen molar-refractivity contribution in [3.8, 4) is 0 Å². The van der Waals surface area contributed by atoms with E-state index >= 15 is 0 Å². The molecule has 2 heterocycles. The van der Waals surface area contributed by atoms with E-state index in [4.69, 9.17) is 4.42 Å². The fraction of sp³-hybridized carbons (Fsp3) is 0.688. The molecule has 1 fully saturated rings. The van der Waals surface area contributed by atoms with Crippen molar-refractivity contribution in [1.29, 1.82) is 0 Å². The van der Waals surface area contributed by atoms with Crippen molar-refractivity contribution in [3.63, 3.8) is 0 Å². The number of imide groups is 1. The predicted octanol–water partition coefficient (Wildman–Crippen LogP) is 1.47. The average Bonchev–Trinajstić information content (AvgIpc) is 2.81. The Kier molecular flexibility index (Phi) is 5.01. The van der Waals surface area contributed by atoms with Crippen LogP contribution in [0.4, 0.5) is 0 Å². The zero-order valence-corrected chi connectivity index (χ0v) is 13.8. The minimum absolute atomic E-state index is 0.0472. The number of hydrogen-bond acceptors (Lipinski definition) is 5. The molecule has 1 saturated heterocycles. The number of amides is 2. The number of rotatable bonds is 3. The highest BCUT2D eigenvalue weighted by atomic mass is 16.4. The maximum absolute atomic E-state index is 12.0. The van der Waals surface area contributed by atoms with Gasteiger partial charge >= 0.3 is 0 Å². The van der Waals surface area contributed by atoms with Crippen LogP contribution in [-0.4, -0.2) is 29.9 Å². The van der Waals surface area contributed by atoms with Crippen LogP contribution in [0.1, 0.15) is 51.0 Å². The standard InChI is InChI=1S/C16H25N3O3/c1-10-12(22-15(18-10)16(2,3)4)9-13(20)19-14(21)11-5-7-17-8-6-11/h11,17H,5-9H2,1-4H3,(H,19,20,21). The second kappa shape index (κ2) is 6.60. The van der Waals surface area contributed by atoms with E-state index in [0.29, 0.717) is 17.3 Å². The number of oxazole rings is 1.